The Labute approximate surface area is 495 Å². The second-order valence-electron chi connectivity index (χ2n) is 25.3. The largest absolute Gasteiger partial charge is 0.466 e. The van der Waals surface area contributed by atoms with Crippen molar-refractivity contribution in [1.82, 2.24) is 5.32 Å². The van der Waals surface area contributed by atoms with E-state index < -0.39 is 12.1 Å². The number of aliphatic hydroxyl groups excluding tert-OH is 2. The molecule has 0 aromatic rings. The number of allylic oxidation sites excluding steroid dienone is 1. The number of esters is 1. The van der Waals surface area contributed by atoms with Gasteiger partial charge in [0, 0.05) is 12.8 Å². The Bertz CT molecular complexity index is 1190. The maximum atomic E-state index is 12.5. The van der Waals surface area contributed by atoms with E-state index in [-0.39, 0.29) is 18.5 Å². The Morgan fingerprint density at radius 1 is 0.342 bits per heavy atom. The van der Waals surface area contributed by atoms with Crippen LogP contribution in [0.3, 0.4) is 0 Å². The third-order valence-electron chi connectivity index (χ3n) is 17.3. The summed E-state index contributed by atoms with van der Waals surface area (Å²) in [4.78, 5) is 24.6. The van der Waals surface area contributed by atoms with Crippen LogP contribution in [0.1, 0.15) is 418 Å². The van der Waals surface area contributed by atoms with E-state index >= 15 is 0 Å². The predicted molar refractivity (Wildman–Crippen MR) is 347 cm³/mol. The highest BCUT2D eigenvalue weighted by Gasteiger charge is 2.18. The fourth-order valence-electron chi connectivity index (χ4n) is 11.8. The van der Waals surface area contributed by atoms with Gasteiger partial charge in [0.15, 0.2) is 0 Å². The fraction of sp³-hybridized carbons (Fsp3) is 0.945. The molecule has 0 spiro atoms. The van der Waals surface area contributed by atoms with Crippen molar-refractivity contribution in [2.75, 3.05) is 13.2 Å². The molecule has 0 radical (unpaired) electrons. The van der Waals surface area contributed by atoms with Crippen molar-refractivity contribution >= 4 is 11.9 Å². The average Bonchev–Trinajstić information content (AvgIpc) is 3.45. The van der Waals surface area contributed by atoms with Crippen LogP contribution in [0.5, 0.6) is 0 Å². The molecule has 3 N–H and O–H groups in total. The van der Waals surface area contributed by atoms with Crippen LogP contribution in [0.25, 0.3) is 0 Å². The lowest BCUT2D eigenvalue weighted by molar-refractivity contribution is -0.143. The van der Waals surface area contributed by atoms with E-state index in [0.717, 1.165) is 38.5 Å². The molecule has 0 aromatic carbocycles. The lowest BCUT2D eigenvalue weighted by Gasteiger charge is -2.20. The van der Waals surface area contributed by atoms with Crippen molar-refractivity contribution in [2.24, 2.45) is 0 Å². The molecule has 79 heavy (non-hydrogen) atoms. The minimum absolute atomic E-state index is 0.0237. The number of nitrogens with one attached hydrogen (secondary N) is 1. The molecule has 0 bridgehead atoms. The summed E-state index contributed by atoms with van der Waals surface area (Å²) in [6, 6.07) is -0.625. The summed E-state index contributed by atoms with van der Waals surface area (Å²) in [5.74, 6) is -0.0370. The standard InChI is InChI=1S/C73H143NO5/c1-3-5-7-9-11-13-15-17-19-34-37-41-45-49-53-57-61-65-71(76)70(69-75)74-72(77)66-62-58-54-50-46-42-38-35-32-30-28-26-24-22-21-23-25-27-29-31-33-36-40-44-48-52-56-60-64-68-79-73(78)67-63-59-55-51-47-43-39-20-18-16-14-12-10-8-6-4-2/h61,65,70-71,75-76H,3-60,62-64,66-69H2,1-2H3,(H,74,77)/b65-61+. The molecule has 0 heterocycles. The first-order valence-corrected chi connectivity index (χ1v) is 36.5. The molecule has 0 fully saturated rings. The topological polar surface area (TPSA) is 95.9 Å². The number of amides is 1. The molecule has 470 valence electrons. The summed E-state index contributed by atoms with van der Waals surface area (Å²) in [6.45, 7) is 4.95. The average molecular weight is 1110 g/mol. The van der Waals surface area contributed by atoms with E-state index in [2.05, 4.69) is 19.2 Å². The van der Waals surface area contributed by atoms with Crippen molar-refractivity contribution < 1.29 is 24.5 Å². The number of rotatable bonds is 69. The molecule has 1 amide bonds. The Morgan fingerprint density at radius 3 is 0.861 bits per heavy atom. The van der Waals surface area contributed by atoms with E-state index in [1.54, 1.807) is 6.08 Å². The number of hydrogen-bond donors (Lipinski definition) is 3. The molecule has 0 aromatic heterocycles. The second-order valence-corrected chi connectivity index (χ2v) is 25.3. The van der Waals surface area contributed by atoms with Crippen LogP contribution in [-0.2, 0) is 14.3 Å². The molecule has 0 aliphatic rings. The zero-order valence-electron chi connectivity index (χ0n) is 53.9. The van der Waals surface area contributed by atoms with E-state index in [0.29, 0.717) is 19.4 Å². The minimum atomic E-state index is -0.841. The van der Waals surface area contributed by atoms with Crippen molar-refractivity contribution in [3.8, 4) is 0 Å². The fourth-order valence-corrected chi connectivity index (χ4v) is 11.8. The zero-order valence-corrected chi connectivity index (χ0v) is 53.9. The normalized spacial score (nSPS) is 12.5. The number of carbonyl (C=O) groups is 2. The van der Waals surface area contributed by atoms with Crippen LogP contribution < -0.4 is 5.32 Å². The van der Waals surface area contributed by atoms with Gasteiger partial charge in [-0.05, 0) is 32.1 Å². The van der Waals surface area contributed by atoms with Crippen LogP contribution in [0, 0.1) is 0 Å². The molecule has 6 nitrogen and oxygen atoms in total. The summed E-state index contributed by atoms with van der Waals surface area (Å²) < 4.78 is 5.51. The van der Waals surface area contributed by atoms with Gasteiger partial charge < -0.3 is 20.3 Å². The van der Waals surface area contributed by atoms with Gasteiger partial charge in [-0.2, -0.15) is 0 Å². The van der Waals surface area contributed by atoms with Gasteiger partial charge in [-0.15, -0.1) is 0 Å². The molecule has 0 rings (SSSR count). The van der Waals surface area contributed by atoms with Crippen molar-refractivity contribution in [3.63, 3.8) is 0 Å². The molecular formula is C73H143NO5. The first-order valence-electron chi connectivity index (χ1n) is 36.5. The lowest BCUT2D eigenvalue weighted by Crippen LogP contribution is -2.45. The first-order chi connectivity index (χ1) is 39.0. The Balaban J connectivity index is 3.34. The lowest BCUT2D eigenvalue weighted by atomic mass is 10.0. The molecule has 0 saturated heterocycles. The third kappa shape index (κ3) is 65.6. The second kappa shape index (κ2) is 69.1. The van der Waals surface area contributed by atoms with Gasteiger partial charge in [0.05, 0.1) is 25.4 Å². The summed E-state index contributed by atoms with van der Waals surface area (Å²) in [6.07, 6.45) is 85.9. The van der Waals surface area contributed by atoms with E-state index in [4.69, 9.17) is 4.74 Å². The number of aliphatic hydroxyl groups is 2. The van der Waals surface area contributed by atoms with Crippen LogP contribution in [0.4, 0.5) is 0 Å². The van der Waals surface area contributed by atoms with Crippen LogP contribution in [-0.4, -0.2) is 47.4 Å². The van der Waals surface area contributed by atoms with Gasteiger partial charge in [-0.3, -0.25) is 9.59 Å². The molecule has 0 saturated carbocycles. The monoisotopic (exact) mass is 1110 g/mol. The number of hydrogen-bond acceptors (Lipinski definition) is 5. The number of unbranched alkanes of at least 4 members (excludes halogenated alkanes) is 58. The van der Waals surface area contributed by atoms with Crippen LogP contribution in [0.2, 0.25) is 0 Å². The van der Waals surface area contributed by atoms with Crippen molar-refractivity contribution in [3.05, 3.63) is 12.2 Å². The Hall–Kier alpha value is -1.40. The molecular weight excluding hydrogens is 971 g/mol. The Morgan fingerprint density at radius 2 is 0.582 bits per heavy atom. The molecule has 0 aliphatic carbocycles. The highest BCUT2D eigenvalue weighted by molar-refractivity contribution is 5.76. The molecule has 6 heteroatoms. The van der Waals surface area contributed by atoms with Gasteiger partial charge in [0.25, 0.3) is 0 Å². The summed E-state index contributed by atoms with van der Waals surface area (Å²) in [5.41, 5.74) is 0. The highest BCUT2D eigenvalue weighted by atomic mass is 16.5. The molecule has 2 unspecified atom stereocenters. The number of ether oxygens (including phenoxy) is 1. The minimum Gasteiger partial charge on any atom is -0.466 e. The van der Waals surface area contributed by atoms with Crippen molar-refractivity contribution in [1.29, 1.82) is 0 Å². The smallest absolute Gasteiger partial charge is 0.305 e. The summed E-state index contributed by atoms with van der Waals surface area (Å²) in [7, 11) is 0. The van der Waals surface area contributed by atoms with Gasteiger partial charge >= 0.3 is 5.97 Å². The molecule has 2 atom stereocenters. The van der Waals surface area contributed by atoms with Gasteiger partial charge in [0.2, 0.25) is 5.91 Å². The van der Waals surface area contributed by atoms with Crippen LogP contribution >= 0.6 is 0 Å². The maximum Gasteiger partial charge on any atom is 0.305 e. The van der Waals surface area contributed by atoms with Crippen LogP contribution in [0.15, 0.2) is 12.2 Å². The van der Waals surface area contributed by atoms with Gasteiger partial charge in [-0.25, -0.2) is 0 Å². The SMILES string of the molecule is CCCCCCCCCCCCCCCCC/C=C/C(O)C(CO)NC(=O)CCCCCCCCCCCCCCCCCCCCCCCCCCCCCCCOC(=O)CCCCCCCCCCCCCCCCCC. The van der Waals surface area contributed by atoms with E-state index in [9.17, 15) is 19.8 Å². The van der Waals surface area contributed by atoms with E-state index in [1.807, 2.05) is 6.08 Å². The van der Waals surface area contributed by atoms with Gasteiger partial charge in [0.1, 0.15) is 0 Å². The predicted octanol–water partition coefficient (Wildman–Crippen LogP) is 23.5. The highest BCUT2D eigenvalue weighted by Crippen LogP contribution is 2.19. The quantitative estimate of drug-likeness (QED) is 0.0320. The maximum absolute atomic E-state index is 12.5. The first kappa shape index (κ1) is 77.6. The van der Waals surface area contributed by atoms with Gasteiger partial charge in [-0.1, -0.05) is 386 Å². The summed E-state index contributed by atoms with van der Waals surface area (Å²) >= 11 is 0. The Kier molecular flexibility index (Phi) is 67.9. The van der Waals surface area contributed by atoms with Crippen molar-refractivity contribution in [2.45, 2.75) is 431 Å². The zero-order chi connectivity index (χ0) is 57.1. The van der Waals surface area contributed by atoms with E-state index in [1.165, 1.54) is 353 Å². The number of carbonyl (C=O) groups excluding carboxylic acids is 2. The third-order valence-corrected chi connectivity index (χ3v) is 17.3. The molecule has 0 aliphatic heterocycles. The summed E-state index contributed by atoms with van der Waals surface area (Å²) in [5, 5.41) is 23.2.